The van der Waals surface area contributed by atoms with Crippen molar-refractivity contribution >= 4 is 11.8 Å². The van der Waals surface area contributed by atoms with E-state index >= 15 is 0 Å². The number of hydrogen-bond donors (Lipinski definition) is 1. The highest BCUT2D eigenvalue weighted by Gasteiger charge is 2.30. The summed E-state index contributed by atoms with van der Waals surface area (Å²) in [5, 5.41) is 2.53. The van der Waals surface area contributed by atoms with Gasteiger partial charge in [-0.1, -0.05) is 6.08 Å². The molecule has 4 heteroatoms. The lowest BCUT2D eigenvalue weighted by molar-refractivity contribution is -0.146. The first-order valence-electron chi connectivity index (χ1n) is 4.08. The van der Waals surface area contributed by atoms with Crippen LogP contribution in [0.1, 0.15) is 12.8 Å². The maximum Gasteiger partial charge on any atom is 0.316 e. The molecule has 0 atom stereocenters. The van der Waals surface area contributed by atoms with Gasteiger partial charge in [0.25, 0.3) is 0 Å². The zero-order chi connectivity index (χ0) is 8.55. The van der Waals surface area contributed by atoms with Gasteiger partial charge < -0.3 is 10.2 Å². The number of nitrogens with zero attached hydrogens (tertiary/aromatic N) is 1. The Morgan fingerprint density at radius 1 is 1.42 bits per heavy atom. The van der Waals surface area contributed by atoms with Gasteiger partial charge in [-0.25, -0.2) is 0 Å². The number of carbonyl (C=O) groups excluding carboxylic acids is 2. The van der Waals surface area contributed by atoms with Gasteiger partial charge in [-0.15, -0.1) is 0 Å². The highest BCUT2D eigenvalue weighted by molar-refractivity contribution is 6.36. The summed E-state index contributed by atoms with van der Waals surface area (Å²) in [5.41, 5.74) is 0.950. The van der Waals surface area contributed by atoms with Crippen molar-refractivity contribution < 1.29 is 9.59 Å². The lowest BCUT2D eigenvalue weighted by Gasteiger charge is -2.31. The second-order valence-corrected chi connectivity index (χ2v) is 2.98. The Hall–Kier alpha value is -1.32. The van der Waals surface area contributed by atoms with E-state index < -0.39 is 11.8 Å². The normalized spacial score (nSPS) is 23.0. The van der Waals surface area contributed by atoms with E-state index in [4.69, 9.17) is 0 Å². The quantitative estimate of drug-likeness (QED) is 0.499. The Kier molecular flexibility index (Phi) is 1.60. The third-order valence-electron chi connectivity index (χ3n) is 2.18. The molecule has 0 aromatic rings. The van der Waals surface area contributed by atoms with Crippen LogP contribution in [0.5, 0.6) is 0 Å². The number of rotatable bonds is 0. The van der Waals surface area contributed by atoms with Crippen molar-refractivity contribution in [3.63, 3.8) is 0 Å². The van der Waals surface area contributed by atoms with E-state index in [-0.39, 0.29) is 0 Å². The molecule has 1 fully saturated rings. The van der Waals surface area contributed by atoms with Gasteiger partial charge in [0.15, 0.2) is 0 Å². The molecule has 0 bridgehead atoms. The minimum Gasteiger partial charge on any atom is -0.342 e. The maximum absolute atomic E-state index is 11.2. The van der Waals surface area contributed by atoms with E-state index in [2.05, 4.69) is 5.32 Å². The van der Waals surface area contributed by atoms with E-state index in [0.717, 1.165) is 18.5 Å². The van der Waals surface area contributed by atoms with Crippen molar-refractivity contribution in [2.24, 2.45) is 0 Å². The Balaban J connectivity index is 2.26. The van der Waals surface area contributed by atoms with Crippen molar-refractivity contribution in [2.75, 3.05) is 13.1 Å². The van der Waals surface area contributed by atoms with E-state index in [0.29, 0.717) is 13.1 Å². The number of nitrogens with one attached hydrogen (secondary N) is 1. The lowest BCUT2D eigenvalue weighted by Crippen LogP contribution is -2.51. The molecule has 12 heavy (non-hydrogen) atoms. The van der Waals surface area contributed by atoms with Gasteiger partial charge in [0.05, 0.1) is 6.54 Å². The highest BCUT2D eigenvalue weighted by Crippen LogP contribution is 2.16. The molecule has 2 aliphatic heterocycles. The number of carbonyl (C=O) groups is 2. The van der Waals surface area contributed by atoms with Crippen molar-refractivity contribution in [1.82, 2.24) is 10.2 Å². The van der Waals surface area contributed by atoms with E-state index in [9.17, 15) is 9.59 Å². The van der Waals surface area contributed by atoms with Crippen LogP contribution in [-0.2, 0) is 9.59 Å². The van der Waals surface area contributed by atoms with Gasteiger partial charge in [-0.2, -0.15) is 0 Å². The van der Waals surface area contributed by atoms with Crippen LogP contribution in [0, 0.1) is 0 Å². The molecule has 0 aromatic heterocycles. The second-order valence-electron chi connectivity index (χ2n) is 2.98. The average Bonchev–Trinajstić information content (AvgIpc) is 2.12. The summed E-state index contributed by atoms with van der Waals surface area (Å²) in [6.07, 6.45) is 3.98. The molecule has 2 heterocycles. The van der Waals surface area contributed by atoms with Gasteiger partial charge >= 0.3 is 11.8 Å². The first-order chi connectivity index (χ1) is 5.79. The lowest BCUT2D eigenvalue weighted by atomic mass is 10.1. The summed E-state index contributed by atoms with van der Waals surface area (Å²) in [4.78, 5) is 23.7. The van der Waals surface area contributed by atoms with Crippen molar-refractivity contribution in [2.45, 2.75) is 12.8 Å². The Morgan fingerprint density at radius 2 is 2.25 bits per heavy atom. The monoisotopic (exact) mass is 166 g/mol. The molecule has 2 aliphatic rings. The topological polar surface area (TPSA) is 49.4 Å². The molecule has 4 nitrogen and oxygen atoms in total. The zero-order valence-corrected chi connectivity index (χ0v) is 6.67. The molecule has 0 unspecified atom stereocenters. The molecule has 0 aliphatic carbocycles. The number of fused-ring (bicyclic) bond motifs is 1. The summed E-state index contributed by atoms with van der Waals surface area (Å²) >= 11 is 0. The molecule has 1 N–H and O–H groups in total. The predicted molar refractivity (Wildman–Crippen MR) is 42.0 cm³/mol. The first kappa shape index (κ1) is 7.34. The van der Waals surface area contributed by atoms with Gasteiger partial charge in [0.2, 0.25) is 0 Å². The maximum atomic E-state index is 11.2. The zero-order valence-electron chi connectivity index (χ0n) is 6.67. The molecular formula is C8H10N2O2. The molecular weight excluding hydrogens is 156 g/mol. The fraction of sp³-hybridized carbons (Fsp3) is 0.500. The van der Waals surface area contributed by atoms with Crippen molar-refractivity contribution in [1.29, 1.82) is 0 Å². The molecule has 0 radical (unpaired) electrons. The third kappa shape index (κ3) is 0.995. The summed E-state index contributed by atoms with van der Waals surface area (Å²) in [5.74, 6) is -0.888. The molecule has 0 saturated carbocycles. The molecule has 1 saturated heterocycles. The molecule has 2 rings (SSSR count). The number of allylic oxidation sites excluding steroid dienone is 1. The highest BCUT2D eigenvalue weighted by atomic mass is 16.2. The smallest absolute Gasteiger partial charge is 0.316 e. The minimum atomic E-state index is -0.478. The van der Waals surface area contributed by atoms with Gasteiger partial charge in [-0.3, -0.25) is 9.59 Å². The van der Waals surface area contributed by atoms with Gasteiger partial charge in [0, 0.05) is 12.2 Å². The Labute approximate surface area is 70.2 Å². The number of hydrogen-bond acceptors (Lipinski definition) is 2. The number of piperazine rings is 1. The summed E-state index contributed by atoms with van der Waals surface area (Å²) < 4.78 is 0. The van der Waals surface area contributed by atoms with Gasteiger partial charge in [-0.05, 0) is 12.8 Å². The van der Waals surface area contributed by atoms with Crippen LogP contribution < -0.4 is 5.32 Å². The largest absolute Gasteiger partial charge is 0.342 e. The van der Waals surface area contributed by atoms with Gasteiger partial charge in [0.1, 0.15) is 0 Å². The minimum absolute atomic E-state index is 0.410. The van der Waals surface area contributed by atoms with Crippen LogP contribution in [0.2, 0.25) is 0 Å². The fourth-order valence-corrected chi connectivity index (χ4v) is 1.54. The Bertz CT molecular complexity index is 270. The standard InChI is InChI=1S/C8H10N2O2/c11-7-8(12)10-4-2-1-3-6(10)5-9-7/h3H,1-2,4-5H2,(H,9,11). The van der Waals surface area contributed by atoms with Crippen molar-refractivity contribution in [3.8, 4) is 0 Å². The second kappa shape index (κ2) is 2.62. The van der Waals surface area contributed by atoms with Crippen LogP contribution in [-0.4, -0.2) is 29.8 Å². The molecule has 0 aromatic carbocycles. The van der Waals surface area contributed by atoms with Crippen molar-refractivity contribution in [3.05, 3.63) is 11.8 Å². The van der Waals surface area contributed by atoms with E-state index in [1.807, 2.05) is 6.08 Å². The van der Waals surface area contributed by atoms with E-state index in [1.165, 1.54) is 0 Å². The Morgan fingerprint density at radius 3 is 3.08 bits per heavy atom. The summed E-state index contributed by atoms with van der Waals surface area (Å²) in [6, 6.07) is 0. The van der Waals surface area contributed by atoms with E-state index in [1.54, 1.807) is 4.90 Å². The fourth-order valence-electron chi connectivity index (χ4n) is 1.54. The molecule has 64 valence electrons. The average molecular weight is 166 g/mol. The summed E-state index contributed by atoms with van der Waals surface area (Å²) in [6.45, 7) is 1.20. The number of amides is 2. The van der Waals surface area contributed by atoms with Crippen LogP contribution in [0.15, 0.2) is 11.8 Å². The predicted octanol–water partition coefficient (Wildman–Crippen LogP) is -0.378. The molecule has 2 amide bonds. The van der Waals surface area contributed by atoms with Crippen LogP contribution >= 0.6 is 0 Å². The molecule has 0 spiro atoms. The van der Waals surface area contributed by atoms with Crippen LogP contribution in [0.4, 0.5) is 0 Å². The summed E-state index contributed by atoms with van der Waals surface area (Å²) in [7, 11) is 0. The third-order valence-corrected chi connectivity index (χ3v) is 2.18. The SMILES string of the molecule is O=C1NCC2=CCCCN2C1=O. The first-order valence-corrected chi connectivity index (χ1v) is 4.08. The van der Waals surface area contributed by atoms with Crippen LogP contribution in [0.3, 0.4) is 0 Å². The van der Waals surface area contributed by atoms with Crippen LogP contribution in [0.25, 0.3) is 0 Å².